The van der Waals surface area contributed by atoms with Crippen LogP contribution in [-0.4, -0.2) is 86.8 Å². The molecule has 13 nitrogen and oxygen atoms in total. The molecule has 236 valence electrons. The van der Waals surface area contributed by atoms with E-state index >= 15 is 0 Å². The van der Waals surface area contributed by atoms with E-state index < -0.39 is 23.8 Å². The Morgan fingerprint density at radius 2 is 1.48 bits per heavy atom. The second-order valence-corrected chi connectivity index (χ2v) is 9.92. The van der Waals surface area contributed by atoms with E-state index in [1.54, 1.807) is 42.5 Å². The summed E-state index contributed by atoms with van der Waals surface area (Å²) in [5.74, 6) is -4.31. The molecule has 0 radical (unpaired) electrons. The van der Waals surface area contributed by atoms with Gasteiger partial charge in [0.05, 0.1) is 28.4 Å². The molecule has 0 saturated carbocycles. The molecule has 1 heterocycles. The molecule has 4 rings (SSSR count). The van der Waals surface area contributed by atoms with E-state index in [-0.39, 0.29) is 30.7 Å². The Balaban J connectivity index is 1.57. The largest absolute Gasteiger partial charge is 0.497 e. The maximum Gasteiger partial charge on any atom is 0.453 e. The second kappa shape index (κ2) is 13.6. The normalized spacial score (nSPS) is 14.3. The van der Waals surface area contributed by atoms with E-state index in [4.69, 9.17) is 33.2 Å². The lowest BCUT2D eigenvalue weighted by Crippen LogP contribution is -2.54. The average molecular weight is 614 g/mol. The van der Waals surface area contributed by atoms with Gasteiger partial charge in [-0.1, -0.05) is 6.07 Å². The molecule has 3 aromatic carbocycles. The Labute approximate surface area is 253 Å². The summed E-state index contributed by atoms with van der Waals surface area (Å²) in [6, 6.07) is 13.1. The molecule has 0 saturated heterocycles. The van der Waals surface area contributed by atoms with Crippen LogP contribution in [0.3, 0.4) is 0 Å². The molecule has 0 bridgehead atoms. The highest BCUT2D eigenvalue weighted by molar-refractivity contribution is 6.02. The summed E-state index contributed by atoms with van der Waals surface area (Å²) in [4.78, 5) is 24.0. The van der Waals surface area contributed by atoms with E-state index in [1.807, 2.05) is 6.92 Å². The van der Waals surface area contributed by atoms with Crippen molar-refractivity contribution in [2.75, 3.05) is 41.6 Å². The van der Waals surface area contributed by atoms with Gasteiger partial charge in [-0.2, -0.15) is 0 Å². The zero-order valence-corrected chi connectivity index (χ0v) is 24.9. The highest BCUT2D eigenvalue weighted by Crippen LogP contribution is 2.51. The lowest BCUT2D eigenvalue weighted by atomic mass is 9.93. The number of aliphatic hydroxyl groups excluding tert-OH is 1. The van der Waals surface area contributed by atoms with Crippen LogP contribution in [0.25, 0.3) is 11.1 Å². The van der Waals surface area contributed by atoms with Crippen molar-refractivity contribution >= 4 is 11.9 Å². The van der Waals surface area contributed by atoms with Gasteiger partial charge in [0, 0.05) is 29.8 Å². The summed E-state index contributed by atoms with van der Waals surface area (Å²) in [5, 5.41) is 33.3. The van der Waals surface area contributed by atoms with E-state index in [0.29, 0.717) is 51.9 Å². The predicted molar refractivity (Wildman–Crippen MR) is 156 cm³/mol. The quantitative estimate of drug-likeness (QED) is 0.185. The molecule has 44 heavy (non-hydrogen) atoms. The number of carboxylic acid groups (broad SMARTS) is 2. The van der Waals surface area contributed by atoms with Crippen molar-refractivity contribution in [3.05, 3.63) is 54.1 Å². The van der Waals surface area contributed by atoms with Gasteiger partial charge in [-0.3, -0.25) is 0 Å². The molecule has 0 spiro atoms. The number of rotatable bonds is 15. The Kier molecular flexibility index (Phi) is 9.91. The lowest BCUT2D eigenvalue weighted by molar-refractivity contribution is -0.194. The predicted octanol–water partition coefficient (Wildman–Crippen LogP) is 2.99. The van der Waals surface area contributed by atoms with E-state index in [0.717, 1.165) is 0 Å². The van der Waals surface area contributed by atoms with Crippen molar-refractivity contribution in [2.45, 2.75) is 31.3 Å². The SMILES string of the molecule is COc1ccc(OC)c(OCC(O)CNC(C)Cc2ccc3c(c2-c2cc(OC)ccc2OC)OC(C(=O)O)(C(=O)O)O3)c1. The molecule has 0 amide bonds. The fraction of sp³-hybridized carbons (Fsp3) is 0.355. The summed E-state index contributed by atoms with van der Waals surface area (Å²) in [6.45, 7) is 2.05. The minimum Gasteiger partial charge on any atom is -0.497 e. The van der Waals surface area contributed by atoms with E-state index in [2.05, 4.69) is 5.32 Å². The Hall–Kier alpha value is -4.88. The number of hydrogen-bond acceptors (Lipinski definition) is 11. The van der Waals surface area contributed by atoms with Crippen LogP contribution in [0.2, 0.25) is 0 Å². The fourth-order valence-corrected chi connectivity index (χ4v) is 4.73. The number of aliphatic hydroxyl groups is 1. The maximum absolute atomic E-state index is 12.0. The van der Waals surface area contributed by atoms with Gasteiger partial charge in [-0.15, -0.1) is 0 Å². The molecule has 2 unspecified atom stereocenters. The summed E-state index contributed by atoms with van der Waals surface area (Å²) in [7, 11) is 6.02. The molecule has 3 aromatic rings. The van der Waals surface area contributed by atoms with Crippen molar-refractivity contribution in [1.29, 1.82) is 0 Å². The molecule has 0 fully saturated rings. The van der Waals surface area contributed by atoms with Crippen LogP contribution in [0.15, 0.2) is 48.5 Å². The number of fused-ring (bicyclic) bond motifs is 1. The van der Waals surface area contributed by atoms with Crippen LogP contribution >= 0.6 is 0 Å². The highest BCUT2D eigenvalue weighted by atomic mass is 16.8. The minimum absolute atomic E-state index is 0.0218. The van der Waals surface area contributed by atoms with Crippen molar-refractivity contribution < 1.29 is 58.1 Å². The third kappa shape index (κ3) is 6.53. The van der Waals surface area contributed by atoms with Crippen molar-refractivity contribution in [3.63, 3.8) is 0 Å². The number of nitrogens with one attached hydrogen (secondary N) is 1. The van der Waals surface area contributed by atoms with Crippen molar-refractivity contribution in [3.8, 4) is 51.4 Å². The number of carbonyl (C=O) groups is 2. The third-order valence-corrected chi connectivity index (χ3v) is 6.98. The highest BCUT2D eigenvalue weighted by Gasteiger charge is 2.58. The summed E-state index contributed by atoms with van der Waals surface area (Å²) < 4.78 is 38.2. The van der Waals surface area contributed by atoms with Crippen molar-refractivity contribution in [2.24, 2.45) is 0 Å². The molecule has 13 heteroatoms. The standard InChI is InChI=1S/C31H35NO12/c1-17(32-15-19(33)16-42-26-14-21(39-3)8-11-24(26)41-5)12-18-6-9-25-28(44-31(43-25,29(34)35)30(36)37)27(18)22-13-20(38-2)7-10-23(22)40-4/h6-11,13-14,17,19,32-33H,12,15-16H2,1-5H3,(H,34,35)(H,36,37). The van der Waals surface area contributed by atoms with Crippen LogP contribution in [-0.2, 0) is 16.0 Å². The second-order valence-electron chi connectivity index (χ2n) is 9.92. The zero-order valence-electron chi connectivity index (χ0n) is 24.9. The number of hydrogen-bond donors (Lipinski definition) is 4. The lowest BCUT2D eigenvalue weighted by Gasteiger charge is -2.21. The summed E-state index contributed by atoms with van der Waals surface area (Å²) in [6.07, 6.45) is -0.522. The van der Waals surface area contributed by atoms with Crippen LogP contribution in [0.1, 0.15) is 12.5 Å². The molecule has 2 atom stereocenters. The van der Waals surface area contributed by atoms with E-state index in [1.165, 1.54) is 34.5 Å². The van der Waals surface area contributed by atoms with Crippen LogP contribution in [0.4, 0.5) is 0 Å². The first-order valence-corrected chi connectivity index (χ1v) is 13.6. The Morgan fingerprint density at radius 1 is 0.841 bits per heavy atom. The average Bonchev–Trinajstić information content (AvgIpc) is 3.44. The maximum atomic E-state index is 12.0. The van der Waals surface area contributed by atoms with Crippen LogP contribution in [0.5, 0.6) is 40.2 Å². The third-order valence-electron chi connectivity index (χ3n) is 6.98. The number of aliphatic carboxylic acids is 2. The zero-order chi connectivity index (χ0) is 32.0. The number of methoxy groups -OCH3 is 4. The molecule has 0 aromatic heterocycles. The molecule has 1 aliphatic rings. The molecule has 4 N–H and O–H groups in total. The van der Waals surface area contributed by atoms with Gasteiger partial charge in [-0.25, -0.2) is 9.59 Å². The number of ether oxygens (including phenoxy) is 7. The first-order valence-electron chi connectivity index (χ1n) is 13.6. The van der Waals surface area contributed by atoms with Gasteiger partial charge in [0.2, 0.25) is 0 Å². The fourth-order valence-electron chi connectivity index (χ4n) is 4.73. The first kappa shape index (κ1) is 32.0. The summed E-state index contributed by atoms with van der Waals surface area (Å²) >= 11 is 0. The molecular formula is C31H35NO12. The Bertz CT molecular complexity index is 1490. The van der Waals surface area contributed by atoms with Gasteiger partial charge in [0.25, 0.3) is 0 Å². The molecule has 0 aliphatic carbocycles. The molecule has 1 aliphatic heterocycles. The number of carboxylic acids is 2. The smallest absolute Gasteiger partial charge is 0.453 e. The van der Waals surface area contributed by atoms with Crippen molar-refractivity contribution in [1.82, 2.24) is 5.32 Å². The topological polar surface area (TPSA) is 171 Å². The van der Waals surface area contributed by atoms with Gasteiger partial charge >= 0.3 is 17.7 Å². The van der Waals surface area contributed by atoms with E-state index in [9.17, 15) is 24.9 Å². The van der Waals surface area contributed by atoms with Gasteiger partial charge in [-0.05, 0) is 55.3 Å². The van der Waals surface area contributed by atoms with Crippen LogP contribution < -0.4 is 38.5 Å². The number of benzene rings is 3. The van der Waals surface area contributed by atoms with Gasteiger partial charge in [0.1, 0.15) is 30.0 Å². The van der Waals surface area contributed by atoms with Gasteiger partial charge < -0.3 is 53.8 Å². The first-order chi connectivity index (χ1) is 21.1. The minimum atomic E-state index is -2.96. The Morgan fingerprint density at radius 3 is 2.09 bits per heavy atom. The molecular weight excluding hydrogens is 578 g/mol. The monoisotopic (exact) mass is 613 g/mol. The van der Waals surface area contributed by atoms with Crippen LogP contribution in [0, 0.1) is 0 Å². The van der Waals surface area contributed by atoms with Gasteiger partial charge in [0.15, 0.2) is 23.0 Å². The summed E-state index contributed by atoms with van der Waals surface area (Å²) in [5.41, 5.74) is 1.52.